The molecule has 0 aliphatic carbocycles. The Morgan fingerprint density at radius 3 is 2.81 bits per heavy atom. The SMILES string of the molecule is COc1cncc(-c2ccc3[nH]nc(-c4cc5ncccc5[nH]4)c3c2)c1. The second-order valence-corrected chi connectivity index (χ2v) is 6.07. The first kappa shape index (κ1) is 14.7. The smallest absolute Gasteiger partial charge is 0.137 e. The van der Waals surface area contributed by atoms with E-state index in [1.165, 1.54) is 0 Å². The summed E-state index contributed by atoms with van der Waals surface area (Å²) >= 11 is 0. The van der Waals surface area contributed by atoms with Gasteiger partial charge in [0.25, 0.3) is 0 Å². The van der Waals surface area contributed by atoms with Gasteiger partial charge in [0.15, 0.2) is 0 Å². The normalized spacial score (nSPS) is 11.3. The molecular weight excluding hydrogens is 326 g/mol. The third-order valence-electron chi connectivity index (χ3n) is 4.49. The van der Waals surface area contributed by atoms with Crippen LogP contribution < -0.4 is 4.74 Å². The van der Waals surface area contributed by atoms with E-state index in [1.807, 2.05) is 42.6 Å². The van der Waals surface area contributed by atoms with Crippen LogP contribution in [0.25, 0.3) is 44.5 Å². The summed E-state index contributed by atoms with van der Waals surface area (Å²) in [5.74, 6) is 0.733. The Bertz CT molecular complexity index is 1200. The molecule has 5 aromatic rings. The number of ether oxygens (including phenoxy) is 1. The molecule has 0 radical (unpaired) electrons. The van der Waals surface area contributed by atoms with Crippen molar-refractivity contribution in [2.45, 2.75) is 0 Å². The van der Waals surface area contributed by atoms with Crippen molar-refractivity contribution >= 4 is 21.9 Å². The van der Waals surface area contributed by atoms with E-state index in [9.17, 15) is 0 Å². The number of methoxy groups -OCH3 is 1. The Morgan fingerprint density at radius 2 is 1.92 bits per heavy atom. The minimum atomic E-state index is 0.733. The van der Waals surface area contributed by atoms with Crippen molar-refractivity contribution in [1.82, 2.24) is 25.1 Å². The number of H-pyrrole nitrogens is 2. The average molecular weight is 341 g/mol. The number of rotatable bonds is 3. The molecule has 0 saturated carbocycles. The molecule has 6 nitrogen and oxygen atoms in total. The zero-order valence-electron chi connectivity index (χ0n) is 14.0. The van der Waals surface area contributed by atoms with E-state index in [4.69, 9.17) is 4.74 Å². The van der Waals surface area contributed by atoms with Gasteiger partial charge < -0.3 is 9.72 Å². The van der Waals surface area contributed by atoms with Crippen LogP contribution in [0.1, 0.15) is 0 Å². The second-order valence-electron chi connectivity index (χ2n) is 6.07. The van der Waals surface area contributed by atoms with E-state index >= 15 is 0 Å². The van der Waals surface area contributed by atoms with Crippen molar-refractivity contribution in [2.75, 3.05) is 7.11 Å². The molecule has 126 valence electrons. The molecule has 4 heterocycles. The van der Waals surface area contributed by atoms with Crippen LogP contribution in [0, 0.1) is 0 Å². The van der Waals surface area contributed by atoms with Gasteiger partial charge in [-0.15, -0.1) is 0 Å². The van der Waals surface area contributed by atoms with Gasteiger partial charge in [-0.3, -0.25) is 15.1 Å². The molecule has 0 spiro atoms. The Hall–Kier alpha value is -3.67. The molecule has 5 rings (SSSR count). The monoisotopic (exact) mass is 341 g/mol. The molecule has 0 aliphatic rings. The first-order chi connectivity index (χ1) is 12.8. The van der Waals surface area contributed by atoms with Crippen molar-refractivity contribution in [3.05, 3.63) is 61.1 Å². The van der Waals surface area contributed by atoms with Gasteiger partial charge in [-0.1, -0.05) is 6.07 Å². The zero-order valence-corrected chi connectivity index (χ0v) is 14.0. The largest absolute Gasteiger partial charge is 0.495 e. The summed E-state index contributed by atoms with van der Waals surface area (Å²) < 4.78 is 5.28. The Kier molecular flexibility index (Phi) is 3.21. The van der Waals surface area contributed by atoms with Crippen LogP contribution in [-0.2, 0) is 0 Å². The summed E-state index contributed by atoms with van der Waals surface area (Å²) in [5, 5.41) is 8.65. The predicted octanol–water partition coefficient (Wildman–Crippen LogP) is 4.18. The summed E-state index contributed by atoms with van der Waals surface area (Å²) in [6.45, 7) is 0. The van der Waals surface area contributed by atoms with Crippen molar-refractivity contribution < 1.29 is 4.74 Å². The lowest BCUT2D eigenvalue weighted by molar-refractivity contribution is 0.413. The zero-order chi connectivity index (χ0) is 17.5. The lowest BCUT2D eigenvalue weighted by Gasteiger charge is -2.04. The summed E-state index contributed by atoms with van der Waals surface area (Å²) in [4.78, 5) is 12.0. The molecule has 0 aliphatic heterocycles. The molecule has 0 bridgehead atoms. The quantitative estimate of drug-likeness (QED) is 0.516. The Balaban J connectivity index is 1.67. The van der Waals surface area contributed by atoms with Crippen molar-refractivity contribution in [1.29, 1.82) is 0 Å². The van der Waals surface area contributed by atoms with Gasteiger partial charge in [-0.05, 0) is 42.0 Å². The summed E-state index contributed by atoms with van der Waals surface area (Å²) in [6, 6.07) is 14.1. The van der Waals surface area contributed by atoms with E-state index in [1.54, 1.807) is 19.5 Å². The molecule has 0 amide bonds. The van der Waals surface area contributed by atoms with Gasteiger partial charge >= 0.3 is 0 Å². The number of nitrogens with one attached hydrogen (secondary N) is 2. The predicted molar refractivity (Wildman–Crippen MR) is 101 cm³/mol. The van der Waals surface area contributed by atoms with Crippen LogP contribution in [0.5, 0.6) is 5.75 Å². The molecule has 26 heavy (non-hydrogen) atoms. The average Bonchev–Trinajstić information content (AvgIpc) is 3.31. The van der Waals surface area contributed by atoms with Gasteiger partial charge in [0, 0.05) is 23.3 Å². The van der Waals surface area contributed by atoms with E-state index < -0.39 is 0 Å². The summed E-state index contributed by atoms with van der Waals surface area (Å²) in [7, 11) is 1.64. The van der Waals surface area contributed by atoms with E-state index in [0.717, 1.165) is 50.2 Å². The first-order valence-corrected chi connectivity index (χ1v) is 8.23. The Labute approximate surface area is 148 Å². The molecule has 0 fully saturated rings. The third kappa shape index (κ3) is 2.31. The maximum absolute atomic E-state index is 5.28. The molecule has 0 saturated heterocycles. The molecule has 4 aromatic heterocycles. The fourth-order valence-corrected chi connectivity index (χ4v) is 3.17. The number of hydrogen-bond acceptors (Lipinski definition) is 4. The fourth-order valence-electron chi connectivity index (χ4n) is 3.17. The van der Waals surface area contributed by atoms with E-state index in [2.05, 4.69) is 31.2 Å². The van der Waals surface area contributed by atoms with Gasteiger partial charge in [0.2, 0.25) is 0 Å². The van der Waals surface area contributed by atoms with Gasteiger partial charge in [0.05, 0.1) is 35.6 Å². The number of nitrogens with zero attached hydrogens (tertiary/aromatic N) is 3. The topological polar surface area (TPSA) is 79.5 Å². The number of hydrogen-bond donors (Lipinski definition) is 2. The number of fused-ring (bicyclic) bond motifs is 2. The van der Waals surface area contributed by atoms with Crippen LogP contribution in [0.3, 0.4) is 0 Å². The summed E-state index contributed by atoms with van der Waals surface area (Å²) in [6.07, 6.45) is 5.32. The molecule has 2 N–H and O–H groups in total. The van der Waals surface area contributed by atoms with Crippen molar-refractivity contribution in [2.24, 2.45) is 0 Å². The minimum Gasteiger partial charge on any atom is -0.495 e. The first-order valence-electron chi connectivity index (χ1n) is 8.23. The highest BCUT2D eigenvalue weighted by Gasteiger charge is 2.12. The van der Waals surface area contributed by atoms with Crippen LogP contribution in [0.4, 0.5) is 0 Å². The summed E-state index contributed by atoms with van der Waals surface area (Å²) in [5.41, 5.74) is 6.75. The Morgan fingerprint density at radius 1 is 0.962 bits per heavy atom. The molecular formula is C20H15N5O. The number of pyridine rings is 2. The molecule has 0 atom stereocenters. The molecule has 6 heteroatoms. The number of aromatic amines is 2. The lowest BCUT2D eigenvalue weighted by Crippen LogP contribution is -1.86. The fraction of sp³-hybridized carbons (Fsp3) is 0.0500. The number of benzene rings is 1. The van der Waals surface area contributed by atoms with Crippen LogP contribution in [-0.4, -0.2) is 32.3 Å². The van der Waals surface area contributed by atoms with Crippen molar-refractivity contribution in [3.8, 4) is 28.3 Å². The van der Waals surface area contributed by atoms with Gasteiger partial charge in [-0.25, -0.2) is 0 Å². The van der Waals surface area contributed by atoms with Crippen molar-refractivity contribution in [3.63, 3.8) is 0 Å². The number of aromatic nitrogens is 5. The molecule has 0 unspecified atom stereocenters. The van der Waals surface area contributed by atoms with Crippen LogP contribution >= 0.6 is 0 Å². The highest BCUT2D eigenvalue weighted by Crippen LogP contribution is 2.31. The van der Waals surface area contributed by atoms with E-state index in [-0.39, 0.29) is 0 Å². The van der Waals surface area contributed by atoms with Gasteiger partial charge in [-0.2, -0.15) is 5.10 Å². The second kappa shape index (κ2) is 5.70. The highest BCUT2D eigenvalue weighted by atomic mass is 16.5. The third-order valence-corrected chi connectivity index (χ3v) is 4.49. The minimum absolute atomic E-state index is 0.733. The maximum Gasteiger partial charge on any atom is 0.137 e. The molecule has 1 aromatic carbocycles. The van der Waals surface area contributed by atoms with Crippen LogP contribution in [0.15, 0.2) is 61.1 Å². The van der Waals surface area contributed by atoms with Gasteiger partial charge in [0.1, 0.15) is 11.4 Å². The lowest BCUT2D eigenvalue weighted by atomic mass is 10.0. The van der Waals surface area contributed by atoms with E-state index in [0.29, 0.717) is 0 Å². The van der Waals surface area contributed by atoms with Crippen LogP contribution in [0.2, 0.25) is 0 Å². The maximum atomic E-state index is 5.28. The standard InChI is InChI=1S/C20H15N5O/c1-26-14-7-13(10-21-11-14)12-4-5-16-15(8-12)20(25-24-16)19-9-18-17(23-19)3-2-6-22-18/h2-11,23H,1H3,(H,24,25). The highest BCUT2D eigenvalue weighted by molar-refractivity contribution is 5.97.